The predicted octanol–water partition coefficient (Wildman–Crippen LogP) is 1.45. The van der Waals surface area contributed by atoms with E-state index in [0.29, 0.717) is 6.04 Å². The van der Waals surface area contributed by atoms with E-state index in [-0.39, 0.29) is 0 Å². The van der Waals surface area contributed by atoms with Gasteiger partial charge in [-0.25, -0.2) is 0 Å². The molecule has 0 aliphatic rings. The highest BCUT2D eigenvalue weighted by Gasteiger charge is 2.08. The highest BCUT2D eigenvalue weighted by Crippen LogP contribution is 2.04. The Balaban J connectivity index is 2.29. The molecule has 1 N–H and O–H groups in total. The Bertz CT molecular complexity index is 311. The summed E-state index contributed by atoms with van der Waals surface area (Å²) in [5.74, 6) is 1.51. The molecule has 0 amide bonds. The standard InChI is InChI=1S/C12H24N4O/c1-5-8-13-10(2)6-7-12-14-11(15-17-12)9-16(3)4/h10,13H,5-9H2,1-4H3. The molecule has 0 saturated carbocycles. The van der Waals surface area contributed by atoms with E-state index < -0.39 is 0 Å². The summed E-state index contributed by atoms with van der Waals surface area (Å²) >= 11 is 0. The Morgan fingerprint density at radius 2 is 2.18 bits per heavy atom. The number of aromatic nitrogens is 2. The lowest BCUT2D eigenvalue weighted by Crippen LogP contribution is -2.27. The van der Waals surface area contributed by atoms with Crippen molar-refractivity contribution in [3.8, 4) is 0 Å². The van der Waals surface area contributed by atoms with E-state index >= 15 is 0 Å². The highest BCUT2D eigenvalue weighted by atomic mass is 16.5. The molecule has 5 nitrogen and oxygen atoms in total. The molecule has 98 valence electrons. The van der Waals surface area contributed by atoms with Crippen LogP contribution in [0, 0.1) is 0 Å². The van der Waals surface area contributed by atoms with Crippen LogP contribution in [0.3, 0.4) is 0 Å². The van der Waals surface area contributed by atoms with Gasteiger partial charge in [-0.2, -0.15) is 4.98 Å². The fourth-order valence-corrected chi connectivity index (χ4v) is 1.57. The van der Waals surface area contributed by atoms with Crippen molar-refractivity contribution in [3.63, 3.8) is 0 Å². The van der Waals surface area contributed by atoms with Crippen LogP contribution in [0.4, 0.5) is 0 Å². The fourth-order valence-electron chi connectivity index (χ4n) is 1.57. The monoisotopic (exact) mass is 240 g/mol. The average Bonchev–Trinajstić information content (AvgIpc) is 2.70. The second kappa shape index (κ2) is 7.40. The Morgan fingerprint density at radius 1 is 1.41 bits per heavy atom. The van der Waals surface area contributed by atoms with Crippen LogP contribution in [-0.4, -0.2) is 41.7 Å². The van der Waals surface area contributed by atoms with E-state index in [4.69, 9.17) is 4.52 Å². The topological polar surface area (TPSA) is 54.2 Å². The van der Waals surface area contributed by atoms with E-state index in [1.807, 2.05) is 19.0 Å². The Labute approximate surface area is 104 Å². The van der Waals surface area contributed by atoms with Crippen molar-refractivity contribution in [2.75, 3.05) is 20.6 Å². The SMILES string of the molecule is CCCNC(C)CCc1nc(CN(C)C)no1. The third kappa shape index (κ3) is 5.79. The van der Waals surface area contributed by atoms with E-state index in [1.165, 1.54) is 0 Å². The smallest absolute Gasteiger partial charge is 0.226 e. The Hall–Kier alpha value is -0.940. The van der Waals surface area contributed by atoms with Crippen LogP contribution in [-0.2, 0) is 13.0 Å². The molecule has 0 fully saturated rings. The summed E-state index contributed by atoms with van der Waals surface area (Å²) in [6.07, 6.45) is 3.04. The summed E-state index contributed by atoms with van der Waals surface area (Å²) in [5.41, 5.74) is 0. The molecule has 0 aromatic carbocycles. The lowest BCUT2D eigenvalue weighted by Gasteiger charge is -2.10. The molecule has 1 atom stereocenters. The summed E-state index contributed by atoms with van der Waals surface area (Å²) in [4.78, 5) is 6.38. The summed E-state index contributed by atoms with van der Waals surface area (Å²) in [5, 5.41) is 7.39. The van der Waals surface area contributed by atoms with Gasteiger partial charge < -0.3 is 14.7 Å². The zero-order chi connectivity index (χ0) is 12.7. The number of hydrogen-bond acceptors (Lipinski definition) is 5. The zero-order valence-corrected chi connectivity index (χ0v) is 11.4. The number of hydrogen-bond donors (Lipinski definition) is 1. The quantitative estimate of drug-likeness (QED) is 0.745. The first-order valence-corrected chi connectivity index (χ1v) is 6.31. The third-order valence-electron chi connectivity index (χ3n) is 2.50. The van der Waals surface area contributed by atoms with Crippen molar-refractivity contribution < 1.29 is 4.52 Å². The van der Waals surface area contributed by atoms with Crippen LogP contribution in [0.2, 0.25) is 0 Å². The van der Waals surface area contributed by atoms with Crippen molar-refractivity contribution >= 4 is 0 Å². The van der Waals surface area contributed by atoms with Crippen molar-refractivity contribution in [1.29, 1.82) is 0 Å². The molecule has 1 unspecified atom stereocenters. The summed E-state index contributed by atoms with van der Waals surface area (Å²) in [7, 11) is 3.99. The molecule has 0 radical (unpaired) electrons. The van der Waals surface area contributed by atoms with Crippen LogP contribution in [0.25, 0.3) is 0 Å². The van der Waals surface area contributed by atoms with E-state index in [1.54, 1.807) is 0 Å². The lowest BCUT2D eigenvalue weighted by atomic mass is 10.2. The van der Waals surface area contributed by atoms with Crippen LogP contribution < -0.4 is 5.32 Å². The van der Waals surface area contributed by atoms with Crippen LogP contribution in [0.15, 0.2) is 4.52 Å². The van der Waals surface area contributed by atoms with Gasteiger partial charge in [0.15, 0.2) is 5.82 Å². The largest absolute Gasteiger partial charge is 0.339 e. The zero-order valence-electron chi connectivity index (χ0n) is 11.4. The van der Waals surface area contributed by atoms with Gasteiger partial charge in [-0.1, -0.05) is 12.1 Å². The van der Waals surface area contributed by atoms with Crippen LogP contribution in [0.5, 0.6) is 0 Å². The first-order chi connectivity index (χ1) is 8.11. The van der Waals surface area contributed by atoms with Crippen molar-refractivity contribution in [2.45, 2.75) is 45.7 Å². The molecule has 1 rings (SSSR count). The normalized spacial score (nSPS) is 13.2. The highest BCUT2D eigenvalue weighted by molar-refractivity contribution is 4.86. The molecular formula is C12H24N4O. The second-order valence-electron chi connectivity index (χ2n) is 4.74. The third-order valence-corrected chi connectivity index (χ3v) is 2.50. The molecule has 0 aliphatic heterocycles. The molecule has 0 aliphatic carbocycles. The first-order valence-electron chi connectivity index (χ1n) is 6.31. The van der Waals surface area contributed by atoms with Crippen LogP contribution in [0.1, 0.15) is 38.4 Å². The van der Waals surface area contributed by atoms with Gasteiger partial charge in [0.25, 0.3) is 0 Å². The minimum absolute atomic E-state index is 0.499. The maximum atomic E-state index is 5.20. The van der Waals surface area contributed by atoms with Gasteiger partial charge in [-0.05, 0) is 40.4 Å². The van der Waals surface area contributed by atoms with Crippen molar-refractivity contribution in [3.05, 3.63) is 11.7 Å². The molecule has 0 spiro atoms. The van der Waals surface area contributed by atoms with Crippen LogP contribution >= 0.6 is 0 Å². The lowest BCUT2D eigenvalue weighted by molar-refractivity contribution is 0.344. The van der Waals surface area contributed by atoms with Gasteiger partial charge in [0.1, 0.15) is 0 Å². The number of nitrogens with zero attached hydrogens (tertiary/aromatic N) is 3. The van der Waals surface area contributed by atoms with Gasteiger partial charge in [0.05, 0.1) is 6.54 Å². The maximum absolute atomic E-state index is 5.20. The molecule has 1 heterocycles. The summed E-state index contributed by atoms with van der Waals surface area (Å²) in [6, 6.07) is 0.499. The molecule has 5 heteroatoms. The average molecular weight is 240 g/mol. The summed E-state index contributed by atoms with van der Waals surface area (Å²) < 4.78 is 5.20. The van der Waals surface area contributed by atoms with Gasteiger partial charge >= 0.3 is 0 Å². The van der Waals surface area contributed by atoms with Gasteiger partial charge in [0, 0.05) is 12.5 Å². The number of rotatable bonds is 8. The van der Waals surface area contributed by atoms with Gasteiger partial charge in [-0.3, -0.25) is 0 Å². The number of nitrogens with one attached hydrogen (secondary N) is 1. The first kappa shape index (κ1) is 14.1. The van der Waals surface area contributed by atoms with Crippen molar-refractivity contribution in [1.82, 2.24) is 20.4 Å². The Morgan fingerprint density at radius 3 is 2.82 bits per heavy atom. The molecule has 17 heavy (non-hydrogen) atoms. The van der Waals surface area contributed by atoms with E-state index in [0.717, 1.165) is 44.1 Å². The molecule has 1 aromatic heterocycles. The minimum atomic E-state index is 0.499. The molecular weight excluding hydrogens is 216 g/mol. The van der Waals surface area contributed by atoms with Gasteiger partial charge in [0.2, 0.25) is 5.89 Å². The molecule has 1 aromatic rings. The Kier molecular flexibility index (Phi) is 6.15. The molecule has 0 saturated heterocycles. The van der Waals surface area contributed by atoms with Crippen molar-refractivity contribution in [2.24, 2.45) is 0 Å². The van der Waals surface area contributed by atoms with Gasteiger partial charge in [-0.15, -0.1) is 0 Å². The van der Waals surface area contributed by atoms with E-state index in [2.05, 4.69) is 29.3 Å². The summed E-state index contributed by atoms with van der Waals surface area (Å²) in [6.45, 7) is 6.15. The maximum Gasteiger partial charge on any atom is 0.226 e. The fraction of sp³-hybridized carbons (Fsp3) is 0.833. The molecule has 0 bridgehead atoms. The van der Waals surface area contributed by atoms with E-state index in [9.17, 15) is 0 Å². The number of aryl methyl sites for hydroxylation is 1. The minimum Gasteiger partial charge on any atom is -0.339 e. The predicted molar refractivity (Wildman–Crippen MR) is 67.8 cm³/mol. The second-order valence-corrected chi connectivity index (χ2v) is 4.74.